The Morgan fingerprint density at radius 2 is 1.15 bits per heavy atom. The van der Waals surface area contributed by atoms with Crippen molar-refractivity contribution in [2.75, 3.05) is 19.8 Å². The van der Waals surface area contributed by atoms with Gasteiger partial charge in [-0.05, 0) is 6.42 Å². The van der Waals surface area contributed by atoms with Gasteiger partial charge in [0.2, 0.25) is 5.79 Å². The molecule has 0 aromatic heterocycles. The van der Waals surface area contributed by atoms with Gasteiger partial charge in [-0.25, -0.2) is 0 Å². The Kier molecular flexibility index (Phi) is 15.9. The standard InChI is InChI=1S/C28H52O13/c1-2-3-4-5-6-7-8-9-10-11-12-13-14-15-21(32)40-28(26(37)24(35)22(33)19(16-29)39-28)41-27(18-31)25(36)23(34)20(17-30)38-27/h19-20,22-26,29-31,33-37H,2-18H2,1H3/t19-,20-,22-,23-,24+,25+,26-,27?,28+/m1/s1. The number of carbonyl (C=O) groups excluding carboxylic acids is 1. The molecule has 0 bridgehead atoms. The lowest BCUT2D eigenvalue weighted by molar-refractivity contribution is -0.498. The molecule has 2 saturated heterocycles. The van der Waals surface area contributed by atoms with Gasteiger partial charge in [0.25, 0.3) is 0 Å². The van der Waals surface area contributed by atoms with E-state index in [1.54, 1.807) is 0 Å². The van der Waals surface area contributed by atoms with Crippen LogP contribution in [0.25, 0.3) is 0 Å². The fourth-order valence-electron chi connectivity index (χ4n) is 5.29. The first-order valence-electron chi connectivity index (χ1n) is 15.1. The smallest absolute Gasteiger partial charge is 0.362 e. The Hall–Kier alpha value is -0.970. The molecule has 2 aliphatic rings. The fourth-order valence-corrected chi connectivity index (χ4v) is 5.29. The Morgan fingerprint density at radius 1 is 0.659 bits per heavy atom. The van der Waals surface area contributed by atoms with Crippen molar-refractivity contribution in [3.05, 3.63) is 0 Å². The van der Waals surface area contributed by atoms with Gasteiger partial charge in [0.15, 0.2) is 6.10 Å². The first-order valence-corrected chi connectivity index (χ1v) is 15.1. The van der Waals surface area contributed by atoms with Gasteiger partial charge >= 0.3 is 11.9 Å². The Labute approximate surface area is 242 Å². The summed E-state index contributed by atoms with van der Waals surface area (Å²) in [7, 11) is 0. The van der Waals surface area contributed by atoms with Gasteiger partial charge in [-0.2, -0.15) is 0 Å². The van der Waals surface area contributed by atoms with Crippen molar-refractivity contribution in [2.45, 2.75) is 151 Å². The summed E-state index contributed by atoms with van der Waals surface area (Å²) >= 11 is 0. The lowest BCUT2D eigenvalue weighted by atomic mass is 9.97. The van der Waals surface area contributed by atoms with Crippen molar-refractivity contribution >= 4 is 5.97 Å². The molecule has 8 N–H and O–H groups in total. The second-order valence-electron chi connectivity index (χ2n) is 11.2. The van der Waals surface area contributed by atoms with Crippen LogP contribution in [0.1, 0.15) is 96.8 Å². The van der Waals surface area contributed by atoms with E-state index in [1.165, 1.54) is 51.4 Å². The summed E-state index contributed by atoms with van der Waals surface area (Å²) in [6.45, 7) is -0.609. The van der Waals surface area contributed by atoms with E-state index in [-0.39, 0.29) is 6.42 Å². The van der Waals surface area contributed by atoms with E-state index < -0.39 is 80.3 Å². The highest BCUT2D eigenvalue weighted by atomic mass is 16.9. The number of unbranched alkanes of at least 4 members (excludes halogenated alkanes) is 12. The first kappa shape index (κ1) is 36.2. The predicted molar refractivity (Wildman–Crippen MR) is 144 cm³/mol. The van der Waals surface area contributed by atoms with Crippen LogP contribution in [-0.4, -0.2) is 121 Å². The van der Waals surface area contributed by atoms with Crippen molar-refractivity contribution in [3.8, 4) is 0 Å². The van der Waals surface area contributed by atoms with E-state index in [2.05, 4.69) is 6.92 Å². The van der Waals surface area contributed by atoms with E-state index in [9.17, 15) is 45.6 Å². The SMILES string of the molecule is CCCCCCCCCCCCCCCC(=O)O[C@@]1(OC2(CO)O[C@H](CO)[C@@H](O)[C@@H]2O)O[C@H](CO)[C@@H](O)[C@H](O)[C@H]1O. The predicted octanol–water partition coefficient (Wildman–Crippen LogP) is -0.0434. The van der Waals surface area contributed by atoms with Crippen molar-refractivity contribution in [1.29, 1.82) is 0 Å². The topological polar surface area (TPSA) is 216 Å². The van der Waals surface area contributed by atoms with Gasteiger partial charge in [-0.15, -0.1) is 0 Å². The summed E-state index contributed by atoms with van der Waals surface area (Å²) in [5, 5.41) is 81.3. The van der Waals surface area contributed by atoms with Crippen LogP contribution in [0, 0.1) is 0 Å². The zero-order valence-electron chi connectivity index (χ0n) is 24.2. The maximum absolute atomic E-state index is 12.8. The van der Waals surface area contributed by atoms with E-state index in [0.717, 1.165) is 25.7 Å². The minimum Gasteiger partial charge on any atom is -0.405 e. The molecule has 13 nitrogen and oxygen atoms in total. The minimum absolute atomic E-state index is 0.126. The van der Waals surface area contributed by atoms with E-state index >= 15 is 0 Å². The van der Waals surface area contributed by atoms with E-state index in [0.29, 0.717) is 6.42 Å². The summed E-state index contributed by atoms with van der Waals surface area (Å²) in [6.07, 6.45) is 1.33. The number of hydrogen-bond donors (Lipinski definition) is 8. The van der Waals surface area contributed by atoms with Crippen molar-refractivity contribution in [1.82, 2.24) is 0 Å². The number of aliphatic hydroxyl groups is 8. The zero-order valence-corrected chi connectivity index (χ0v) is 24.2. The molecule has 2 heterocycles. The highest BCUT2D eigenvalue weighted by Crippen LogP contribution is 2.41. The van der Waals surface area contributed by atoms with Crippen LogP contribution in [-0.2, 0) is 23.7 Å². The van der Waals surface area contributed by atoms with Crippen molar-refractivity contribution in [2.24, 2.45) is 0 Å². The molecular weight excluding hydrogens is 544 g/mol. The van der Waals surface area contributed by atoms with Crippen molar-refractivity contribution < 1.29 is 64.6 Å². The average molecular weight is 597 g/mol. The van der Waals surface area contributed by atoms with Crippen LogP contribution < -0.4 is 0 Å². The molecule has 0 aromatic carbocycles. The summed E-state index contributed by atoms with van der Waals surface area (Å²) in [5.41, 5.74) is 0. The van der Waals surface area contributed by atoms with Crippen LogP contribution in [0.3, 0.4) is 0 Å². The Morgan fingerprint density at radius 3 is 1.61 bits per heavy atom. The summed E-state index contributed by atoms with van der Waals surface area (Å²) in [6, 6.07) is 0. The molecule has 0 spiro atoms. The number of aliphatic hydroxyl groups excluding tert-OH is 8. The molecule has 2 fully saturated rings. The van der Waals surface area contributed by atoms with Crippen LogP contribution in [0.15, 0.2) is 0 Å². The number of hydrogen-bond acceptors (Lipinski definition) is 13. The van der Waals surface area contributed by atoms with Gasteiger partial charge in [0.1, 0.15) is 43.2 Å². The monoisotopic (exact) mass is 596 g/mol. The van der Waals surface area contributed by atoms with Gasteiger partial charge in [-0.1, -0.05) is 84.0 Å². The second kappa shape index (κ2) is 18.0. The minimum atomic E-state index is -2.95. The summed E-state index contributed by atoms with van der Waals surface area (Å²) in [5.74, 6) is -6.44. The molecule has 2 aliphatic heterocycles. The van der Waals surface area contributed by atoms with Gasteiger partial charge in [-0.3, -0.25) is 9.53 Å². The van der Waals surface area contributed by atoms with Crippen LogP contribution in [0.2, 0.25) is 0 Å². The summed E-state index contributed by atoms with van der Waals surface area (Å²) < 4.78 is 21.6. The number of esters is 1. The highest BCUT2D eigenvalue weighted by molar-refractivity contribution is 5.69. The normalized spacial score (nSPS) is 35.6. The zero-order chi connectivity index (χ0) is 30.5. The number of carbonyl (C=O) groups is 1. The van der Waals surface area contributed by atoms with E-state index in [4.69, 9.17) is 18.9 Å². The average Bonchev–Trinajstić information content (AvgIpc) is 3.21. The molecule has 0 radical (unpaired) electrons. The Balaban J connectivity index is 1.93. The van der Waals surface area contributed by atoms with Gasteiger partial charge in [0.05, 0.1) is 13.2 Å². The maximum atomic E-state index is 12.8. The number of rotatable bonds is 20. The lowest BCUT2D eigenvalue weighted by Gasteiger charge is -2.49. The third kappa shape index (κ3) is 9.77. The third-order valence-corrected chi connectivity index (χ3v) is 7.87. The molecule has 13 heteroatoms. The highest BCUT2D eigenvalue weighted by Gasteiger charge is 2.65. The lowest BCUT2D eigenvalue weighted by Crippen LogP contribution is -2.70. The second-order valence-corrected chi connectivity index (χ2v) is 11.2. The quantitative estimate of drug-likeness (QED) is 0.0526. The fraction of sp³-hybridized carbons (Fsp3) is 0.964. The summed E-state index contributed by atoms with van der Waals surface area (Å²) in [4.78, 5) is 12.8. The Bertz CT molecular complexity index is 740. The maximum Gasteiger partial charge on any atom is 0.362 e. The van der Waals surface area contributed by atoms with Crippen LogP contribution >= 0.6 is 0 Å². The van der Waals surface area contributed by atoms with Crippen molar-refractivity contribution in [3.63, 3.8) is 0 Å². The molecule has 242 valence electrons. The third-order valence-electron chi connectivity index (χ3n) is 7.87. The molecule has 41 heavy (non-hydrogen) atoms. The molecule has 0 aromatic rings. The van der Waals surface area contributed by atoms with E-state index in [1.807, 2.05) is 0 Å². The molecule has 0 amide bonds. The first-order chi connectivity index (χ1) is 19.6. The molecule has 0 saturated carbocycles. The molecule has 1 unspecified atom stereocenters. The molecular formula is C28H52O13. The van der Waals surface area contributed by atoms with Gasteiger partial charge < -0.3 is 55.1 Å². The van der Waals surface area contributed by atoms with Crippen LogP contribution in [0.4, 0.5) is 0 Å². The molecule has 0 aliphatic carbocycles. The number of ether oxygens (including phenoxy) is 4. The molecule has 2 rings (SSSR count). The largest absolute Gasteiger partial charge is 0.405 e. The van der Waals surface area contributed by atoms with Crippen LogP contribution in [0.5, 0.6) is 0 Å². The van der Waals surface area contributed by atoms with Gasteiger partial charge in [0, 0.05) is 6.42 Å². The molecule has 9 atom stereocenters.